The molecule has 0 spiro atoms. The van der Waals surface area contributed by atoms with Gasteiger partial charge in [-0.1, -0.05) is 65.3 Å². The fourth-order valence-electron chi connectivity index (χ4n) is 5.20. The first-order valence-corrected chi connectivity index (χ1v) is 13.6. The lowest BCUT2D eigenvalue weighted by Gasteiger charge is -2.43. The van der Waals surface area contributed by atoms with Crippen molar-refractivity contribution in [2.45, 2.75) is 39.7 Å². The Morgan fingerprint density at radius 2 is 1.73 bits per heavy atom. The van der Waals surface area contributed by atoms with Crippen LogP contribution in [0.4, 0.5) is 5.69 Å². The van der Waals surface area contributed by atoms with Gasteiger partial charge in [0.25, 0.3) is 0 Å². The molecule has 0 radical (unpaired) electrons. The van der Waals surface area contributed by atoms with E-state index in [-0.39, 0.29) is 18.2 Å². The van der Waals surface area contributed by atoms with Crippen molar-refractivity contribution in [1.29, 1.82) is 5.26 Å². The third kappa shape index (κ3) is 5.20. The third-order valence-corrected chi connectivity index (χ3v) is 8.25. The van der Waals surface area contributed by atoms with Crippen LogP contribution >= 0.6 is 23.4 Å². The van der Waals surface area contributed by atoms with Crippen LogP contribution in [0, 0.1) is 32.1 Å². The van der Waals surface area contributed by atoms with E-state index in [1.807, 2.05) is 48.5 Å². The van der Waals surface area contributed by atoms with E-state index in [2.05, 4.69) is 43.9 Å². The summed E-state index contributed by atoms with van der Waals surface area (Å²) >= 11 is 7.52. The second-order valence-corrected chi connectivity index (χ2v) is 11.0. The summed E-state index contributed by atoms with van der Waals surface area (Å²) in [6, 6.07) is 22.1. The number of rotatable bonds is 5. The number of fused-ring (bicyclic) bond motifs is 1. The van der Waals surface area contributed by atoms with Gasteiger partial charge < -0.3 is 9.64 Å². The molecule has 0 bridgehead atoms. The van der Waals surface area contributed by atoms with Crippen molar-refractivity contribution in [3.63, 3.8) is 0 Å². The van der Waals surface area contributed by atoms with Crippen LogP contribution in [0.3, 0.4) is 0 Å². The maximum absolute atomic E-state index is 13.3. The highest BCUT2D eigenvalue weighted by Gasteiger charge is 2.38. The Balaban J connectivity index is 1.34. The summed E-state index contributed by atoms with van der Waals surface area (Å²) in [4.78, 5) is 17.4. The first kappa shape index (κ1) is 25.3. The largest absolute Gasteiger partial charge is 0.489 e. The molecule has 1 saturated heterocycles. The predicted octanol–water partition coefficient (Wildman–Crippen LogP) is 7.06. The van der Waals surface area contributed by atoms with Gasteiger partial charge >= 0.3 is 0 Å². The van der Waals surface area contributed by atoms with E-state index in [1.54, 1.807) is 16.7 Å². The molecule has 2 aliphatic heterocycles. The normalized spacial score (nSPS) is 17.5. The molecule has 2 heterocycles. The molecule has 3 aromatic carbocycles. The zero-order valence-electron chi connectivity index (χ0n) is 21.1. The predicted molar refractivity (Wildman–Crippen MR) is 150 cm³/mol. The quantitative estimate of drug-likeness (QED) is 0.354. The lowest BCUT2D eigenvalue weighted by Crippen LogP contribution is -2.47. The molecule has 5 rings (SSSR count). The van der Waals surface area contributed by atoms with Crippen molar-refractivity contribution in [2.24, 2.45) is 0 Å². The van der Waals surface area contributed by atoms with E-state index in [0.717, 1.165) is 21.9 Å². The number of aryl methyl sites for hydroxylation is 3. The van der Waals surface area contributed by atoms with Gasteiger partial charge in [-0.2, -0.15) is 5.26 Å². The minimum absolute atomic E-state index is 0.0432. The van der Waals surface area contributed by atoms with Gasteiger partial charge in [0.2, 0.25) is 5.91 Å². The Kier molecular flexibility index (Phi) is 7.19. The molecule has 3 aromatic rings. The molecule has 37 heavy (non-hydrogen) atoms. The van der Waals surface area contributed by atoms with Crippen molar-refractivity contribution >= 4 is 35.0 Å². The van der Waals surface area contributed by atoms with Gasteiger partial charge in [0.15, 0.2) is 0 Å². The molecule has 0 aromatic heterocycles. The number of ether oxygens (including phenoxy) is 1. The zero-order chi connectivity index (χ0) is 26.1. The van der Waals surface area contributed by atoms with E-state index in [9.17, 15) is 10.1 Å². The standard InChI is InChI=1S/C30H28ClN3O2S/c1-19-12-20(2)29(21(3)13-19)33-17-34-28(35)14-26(27(15-32)30(34)37-18-33)23-6-10-25(11-7-23)36-16-22-4-8-24(31)9-5-22/h4-13,26H,14,16-18H2,1-3H3/t26-/m1/s1. The van der Waals surface area contributed by atoms with Crippen LogP contribution in [0.5, 0.6) is 5.75 Å². The topological polar surface area (TPSA) is 56.6 Å². The Morgan fingerprint density at radius 1 is 1.05 bits per heavy atom. The first-order chi connectivity index (χ1) is 17.8. The van der Waals surface area contributed by atoms with Crippen molar-refractivity contribution in [2.75, 3.05) is 17.4 Å². The summed E-state index contributed by atoms with van der Waals surface area (Å²) in [5.74, 6) is 1.22. The molecule has 5 nitrogen and oxygen atoms in total. The van der Waals surface area contributed by atoms with E-state index < -0.39 is 0 Å². The zero-order valence-corrected chi connectivity index (χ0v) is 22.7. The number of amides is 1. The third-order valence-electron chi connectivity index (χ3n) is 6.85. The Hall–Kier alpha value is -3.40. The Labute approximate surface area is 227 Å². The molecule has 7 heteroatoms. The smallest absolute Gasteiger partial charge is 0.229 e. The first-order valence-electron chi connectivity index (χ1n) is 12.2. The van der Waals surface area contributed by atoms with Gasteiger partial charge in [-0.25, -0.2) is 0 Å². The molecule has 1 fully saturated rings. The van der Waals surface area contributed by atoms with Gasteiger partial charge in [0.05, 0.1) is 29.2 Å². The maximum Gasteiger partial charge on any atom is 0.229 e. The van der Waals surface area contributed by atoms with Crippen molar-refractivity contribution in [1.82, 2.24) is 4.90 Å². The lowest BCUT2D eigenvalue weighted by molar-refractivity contribution is -0.129. The minimum Gasteiger partial charge on any atom is -0.489 e. The maximum atomic E-state index is 13.3. The Morgan fingerprint density at radius 3 is 2.38 bits per heavy atom. The summed E-state index contributed by atoms with van der Waals surface area (Å²) in [6.07, 6.45) is 0.275. The number of carbonyl (C=O) groups is 1. The average Bonchev–Trinajstić information content (AvgIpc) is 2.88. The van der Waals surface area contributed by atoms with Gasteiger partial charge in [-0.15, -0.1) is 0 Å². The van der Waals surface area contributed by atoms with E-state index in [4.69, 9.17) is 16.3 Å². The number of nitrogens with zero attached hydrogens (tertiary/aromatic N) is 3. The molecule has 0 N–H and O–H groups in total. The number of thioether (sulfide) groups is 1. The molecule has 0 saturated carbocycles. The molecule has 1 atom stereocenters. The fraction of sp³-hybridized carbons (Fsp3) is 0.267. The van der Waals surface area contributed by atoms with E-state index in [0.29, 0.717) is 29.7 Å². The minimum atomic E-state index is -0.254. The number of hydrogen-bond donors (Lipinski definition) is 0. The number of anilines is 1. The van der Waals surface area contributed by atoms with Crippen LogP contribution in [0.2, 0.25) is 5.02 Å². The van der Waals surface area contributed by atoms with Crippen molar-refractivity contribution in [3.05, 3.63) is 104 Å². The lowest BCUT2D eigenvalue weighted by atomic mass is 9.86. The van der Waals surface area contributed by atoms with Crippen LogP contribution < -0.4 is 9.64 Å². The van der Waals surface area contributed by atoms with Crippen LogP contribution in [-0.4, -0.2) is 23.4 Å². The summed E-state index contributed by atoms with van der Waals surface area (Å²) in [7, 11) is 0. The van der Waals surface area contributed by atoms with Gasteiger partial charge in [-0.3, -0.25) is 9.69 Å². The highest BCUT2D eigenvalue weighted by molar-refractivity contribution is 8.03. The SMILES string of the molecule is Cc1cc(C)c(N2CSC3=C(C#N)[C@@H](c4ccc(OCc5ccc(Cl)cc5)cc4)CC(=O)N3C2)c(C)c1. The molecule has 0 unspecified atom stereocenters. The monoisotopic (exact) mass is 529 g/mol. The van der Waals surface area contributed by atoms with E-state index in [1.165, 1.54) is 22.4 Å². The summed E-state index contributed by atoms with van der Waals surface area (Å²) in [5, 5.41) is 11.6. The number of hydrogen-bond acceptors (Lipinski definition) is 5. The molecule has 0 aliphatic carbocycles. The Bertz CT molecular complexity index is 1390. The summed E-state index contributed by atoms with van der Waals surface area (Å²) in [6.45, 7) is 7.22. The number of benzene rings is 3. The molecule has 188 valence electrons. The van der Waals surface area contributed by atoms with Gasteiger partial charge in [0.1, 0.15) is 12.4 Å². The number of allylic oxidation sites excluding steroid dienone is 1. The number of halogens is 1. The fourth-order valence-corrected chi connectivity index (χ4v) is 6.48. The van der Waals surface area contributed by atoms with Crippen molar-refractivity contribution < 1.29 is 9.53 Å². The van der Waals surface area contributed by atoms with E-state index >= 15 is 0 Å². The number of carbonyl (C=O) groups excluding carboxylic acids is 1. The number of nitriles is 1. The van der Waals surface area contributed by atoms with Crippen LogP contribution in [0.25, 0.3) is 0 Å². The van der Waals surface area contributed by atoms with Crippen molar-refractivity contribution in [3.8, 4) is 11.8 Å². The van der Waals surface area contributed by atoms with Gasteiger partial charge in [-0.05, 0) is 67.3 Å². The molecular formula is C30H28ClN3O2S. The second kappa shape index (κ2) is 10.5. The van der Waals surface area contributed by atoms with Crippen LogP contribution in [-0.2, 0) is 11.4 Å². The van der Waals surface area contributed by atoms with Crippen LogP contribution in [0.15, 0.2) is 71.3 Å². The highest BCUT2D eigenvalue weighted by Crippen LogP contribution is 2.44. The molecule has 1 amide bonds. The summed E-state index contributed by atoms with van der Waals surface area (Å²) < 4.78 is 5.91. The average molecular weight is 530 g/mol. The highest BCUT2D eigenvalue weighted by atomic mass is 35.5. The molecular weight excluding hydrogens is 502 g/mol. The summed E-state index contributed by atoms with van der Waals surface area (Å²) in [5.41, 5.74) is 7.44. The van der Waals surface area contributed by atoms with Crippen LogP contribution in [0.1, 0.15) is 40.2 Å². The second-order valence-electron chi connectivity index (χ2n) is 9.60. The van der Waals surface area contributed by atoms with Gasteiger partial charge in [0, 0.05) is 23.0 Å². The molecule has 2 aliphatic rings.